The van der Waals surface area contributed by atoms with Gasteiger partial charge in [-0.2, -0.15) is 0 Å². The van der Waals surface area contributed by atoms with Gasteiger partial charge in [-0.25, -0.2) is 4.79 Å². The molecule has 3 atom stereocenters. The number of ether oxygens (including phenoxy) is 1. The average molecular weight is 332 g/mol. The van der Waals surface area contributed by atoms with Crippen LogP contribution in [0.25, 0.3) is 0 Å². The predicted octanol–water partition coefficient (Wildman–Crippen LogP) is 0.708. The standard InChI is InChI=1S/C17H20N2O5/c20-15-10-12(11-4-2-1-3-5-11)19(9-8-18-15)16(21)13-6-7-14(24-13)17(22)23/h1-5,12-14H,6-10H2,(H,18,20)(H,22,23)/t12?,13-,14+/m0/s1. The van der Waals surface area contributed by atoms with Crippen LogP contribution in [-0.4, -0.2) is 53.1 Å². The molecule has 1 unspecified atom stereocenters. The number of nitrogens with zero attached hydrogens (tertiary/aromatic N) is 1. The molecule has 2 aliphatic rings. The fourth-order valence-corrected chi connectivity index (χ4v) is 3.25. The topological polar surface area (TPSA) is 95.9 Å². The number of hydrogen-bond acceptors (Lipinski definition) is 4. The smallest absolute Gasteiger partial charge is 0.332 e. The lowest BCUT2D eigenvalue weighted by Crippen LogP contribution is -2.43. The Hall–Kier alpha value is -2.41. The van der Waals surface area contributed by atoms with Crippen molar-refractivity contribution in [1.82, 2.24) is 10.2 Å². The zero-order valence-electron chi connectivity index (χ0n) is 13.2. The quantitative estimate of drug-likeness (QED) is 0.850. The summed E-state index contributed by atoms with van der Waals surface area (Å²) in [6.07, 6.45) is -0.793. The molecule has 2 N–H and O–H groups in total. The Bertz CT molecular complexity index is 633. The van der Waals surface area contributed by atoms with E-state index in [0.29, 0.717) is 25.9 Å². The molecule has 2 heterocycles. The van der Waals surface area contributed by atoms with E-state index in [2.05, 4.69) is 5.32 Å². The van der Waals surface area contributed by atoms with Gasteiger partial charge in [0.2, 0.25) is 5.91 Å². The first-order valence-electron chi connectivity index (χ1n) is 8.06. The second-order valence-corrected chi connectivity index (χ2v) is 6.04. The molecule has 2 fully saturated rings. The molecule has 0 aliphatic carbocycles. The minimum Gasteiger partial charge on any atom is -0.479 e. The summed E-state index contributed by atoms with van der Waals surface area (Å²) >= 11 is 0. The molecule has 1 aromatic carbocycles. The van der Waals surface area contributed by atoms with Crippen LogP contribution in [0, 0.1) is 0 Å². The van der Waals surface area contributed by atoms with Crippen LogP contribution in [0.1, 0.15) is 30.9 Å². The van der Waals surface area contributed by atoms with Gasteiger partial charge in [-0.1, -0.05) is 30.3 Å². The van der Waals surface area contributed by atoms with Gasteiger partial charge in [-0.05, 0) is 18.4 Å². The van der Waals surface area contributed by atoms with E-state index in [1.807, 2.05) is 30.3 Å². The van der Waals surface area contributed by atoms with Crippen molar-refractivity contribution in [3.8, 4) is 0 Å². The molecule has 1 aromatic rings. The van der Waals surface area contributed by atoms with Crippen LogP contribution in [0.4, 0.5) is 0 Å². The number of aliphatic carboxylic acids is 1. The Morgan fingerprint density at radius 3 is 2.54 bits per heavy atom. The number of carboxylic acids is 1. The molecule has 7 heteroatoms. The van der Waals surface area contributed by atoms with Crippen LogP contribution in [-0.2, 0) is 19.1 Å². The van der Waals surface area contributed by atoms with Crippen LogP contribution >= 0.6 is 0 Å². The van der Waals surface area contributed by atoms with Crippen molar-refractivity contribution in [2.24, 2.45) is 0 Å². The molecule has 3 rings (SSSR count). The molecule has 0 radical (unpaired) electrons. The second kappa shape index (κ2) is 7.00. The van der Waals surface area contributed by atoms with Crippen LogP contribution in [0.5, 0.6) is 0 Å². The number of carboxylic acid groups (broad SMARTS) is 1. The third-order valence-electron chi connectivity index (χ3n) is 4.47. The Morgan fingerprint density at radius 1 is 1.17 bits per heavy atom. The van der Waals surface area contributed by atoms with Crippen molar-refractivity contribution < 1.29 is 24.2 Å². The Labute approximate surface area is 139 Å². The molecule has 2 saturated heterocycles. The summed E-state index contributed by atoms with van der Waals surface area (Å²) in [5.41, 5.74) is 0.885. The first kappa shape index (κ1) is 16.4. The van der Waals surface area contributed by atoms with Gasteiger partial charge < -0.3 is 20.1 Å². The second-order valence-electron chi connectivity index (χ2n) is 6.04. The number of nitrogens with one attached hydrogen (secondary N) is 1. The number of amides is 2. The number of hydrogen-bond donors (Lipinski definition) is 2. The van der Waals surface area contributed by atoms with E-state index in [-0.39, 0.29) is 24.3 Å². The van der Waals surface area contributed by atoms with Gasteiger partial charge in [0, 0.05) is 13.1 Å². The van der Waals surface area contributed by atoms with Crippen molar-refractivity contribution in [3.63, 3.8) is 0 Å². The highest BCUT2D eigenvalue weighted by Gasteiger charge is 2.39. The molecule has 0 saturated carbocycles. The summed E-state index contributed by atoms with van der Waals surface area (Å²) in [6.45, 7) is 0.755. The minimum absolute atomic E-state index is 0.102. The normalized spacial score (nSPS) is 27.4. The van der Waals surface area contributed by atoms with Gasteiger partial charge in [-0.3, -0.25) is 9.59 Å². The number of benzene rings is 1. The average Bonchev–Trinajstić information content (AvgIpc) is 3.00. The van der Waals surface area contributed by atoms with Gasteiger partial charge in [0.25, 0.3) is 5.91 Å². The third kappa shape index (κ3) is 3.41. The van der Waals surface area contributed by atoms with Crippen LogP contribution in [0.2, 0.25) is 0 Å². The molecular formula is C17H20N2O5. The SMILES string of the molecule is O=C1CC(c2ccccc2)N(C(=O)[C@@H]2CC[C@H](C(=O)O)O2)CCN1. The first-order chi connectivity index (χ1) is 11.6. The predicted molar refractivity (Wildman–Crippen MR) is 84.1 cm³/mol. The largest absolute Gasteiger partial charge is 0.479 e. The highest BCUT2D eigenvalue weighted by molar-refractivity contribution is 5.85. The van der Waals surface area contributed by atoms with Crippen molar-refractivity contribution in [2.75, 3.05) is 13.1 Å². The van der Waals surface area contributed by atoms with Gasteiger partial charge in [0.05, 0.1) is 12.5 Å². The fraction of sp³-hybridized carbons (Fsp3) is 0.471. The van der Waals surface area contributed by atoms with E-state index < -0.39 is 18.2 Å². The van der Waals surface area contributed by atoms with Crippen LogP contribution in [0.3, 0.4) is 0 Å². The highest BCUT2D eigenvalue weighted by Crippen LogP contribution is 2.29. The van der Waals surface area contributed by atoms with Gasteiger partial charge in [-0.15, -0.1) is 0 Å². The van der Waals surface area contributed by atoms with Gasteiger partial charge >= 0.3 is 5.97 Å². The van der Waals surface area contributed by atoms with Gasteiger partial charge in [0.1, 0.15) is 6.10 Å². The zero-order chi connectivity index (χ0) is 17.1. The van der Waals surface area contributed by atoms with E-state index in [9.17, 15) is 14.4 Å². The molecule has 0 aromatic heterocycles. The summed E-state index contributed by atoms with van der Waals surface area (Å²) < 4.78 is 5.39. The van der Waals surface area contributed by atoms with Crippen molar-refractivity contribution in [1.29, 1.82) is 0 Å². The molecule has 0 spiro atoms. The molecule has 0 bridgehead atoms. The summed E-state index contributed by atoms with van der Waals surface area (Å²) in [5.74, 6) is -1.39. The molecule has 7 nitrogen and oxygen atoms in total. The maximum absolute atomic E-state index is 12.9. The lowest BCUT2D eigenvalue weighted by molar-refractivity contribution is -0.155. The van der Waals surface area contributed by atoms with E-state index in [1.165, 1.54) is 0 Å². The van der Waals surface area contributed by atoms with Crippen LogP contribution < -0.4 is 5.32 Å². The van der Waals surface area contributed by atoms with Crippen LogP contribution in [0.15, 0.2) is 30.3 Å². The van der Waals surface area contributed by atoms with Crippen molar-refractivity contribution >= 4 is 17.8 Å². The molecule has 24 heavy (non-hydrogen) atoms. The molecule has 2 amide bonds. The highest BCUT2D eigenvalue weighted by atomic mass is 16.5. The maximum atomic E-state index is 12.9. The molecule has 128 valence electrons. The maximum Gasteiger partial charge on any atom is 0.332 e. The van der Waals surface area contributed by atoms with E-state index in [1.54, 1.807) is 4.90 Å². The number of carbonyl (C=O) groups is 3. The number of carbonyl (C=O) groups excluding carboxylic acids is 2. The summed E-state index contributed by atoms with van der Waals surface area (Å²) in [4.78, 5) is 37.5. The fourth-order valence-electron chi connectivity index (χ4n) is 3.25. The third-order valence-corrected chi connectivity index (χ3v) is 4.47. The number of rotatable bonds is 3. The van der Waals surface area contributed by atoms with Crippen molar-refractivity contribution in [2.45, 2.75) is 37.5 Å². The molecular weight excluding hydrogens is 312 g/mol. The zero-order valence-corrected chi connectivity index (χ0v) is 13.2. The lowest BCUT2D eigenvalue weighted by atomic mass is 10.0. The Morgan fingerprint density at radius 2 is 1.88 bits per heavy atom. The lowest BCUT2D eigenvalue weighted by Gasteiger charge is -2.31. The first-order valence-corrected chi connectivity index (χ1v) is 8.06. The monoisotopic (exact) mass is 332 g/mol. The van der Waals surface area contributed by atoms with Crippen molar-refractivity contribution in [3.05, 3.63) is 35.9 Å². The summed E-state index contributed by atoms with van der Waals surface area (Å²) in [5, 5.41) is 11.8. The summed E-state index contributed by atoms with van der Waals surface area (Å²) in [6, 6.07) is 9.02. The van der Waals surface area contributed by atoms with E-state index >= 15 is 0 Å². The van der Waals surface area contributed by atoms with Gasteiger partial charge in [0.15, 0.2) is 6.10 Å². The Kier molecular flexibility index (Phi) is 4.80. The minimum atomic E-state index is -1.04. The van der Waals surface area contributed by atoms with E-state index in [4.69, 9.17) is 9.84 Å². The molecule has 2 aliphatic heterocycles. The summed E-state index contributed by atoms with van der Waals surface area (Å²) in [7, 11) is 0. The van der Waals surface area contributed by atoms with E-state index in [0.717, 1.165) is 5.56 Å². The Balaban J connectivity index is 1.81.